The van der Waals surface area contributed by atoms with Crippen LogP contribution in [0.1, 0.15) is 27.8 Å². The number of benzene rings is 3. The summed E-state index contributed by atoms with van der Waals surface area (Å²) in [5, 5.41) is 19.3. The van der Waals surface area contributed by atoms with Gasteiger partial charge in [0.25, 0.3) is 0 Å². The Balaban J connectivity index is 2.31. The van der Waals surface area contributed by atoms with Crippen LogP contribution in [0.2, 0.25) is 0 Å². The first-order valence-corrected chi connectivity index (χ1v) is 11.8. The number of hydrogen-bond donors (Lipinski definition) is 1. The maximum absolute atomic E-state index is 14.9. The van der Waals surface area contributed by atoms with Crippen LogP contribution in [0.5, 0.6) is 0 Å². The van der Waals surface area contributed by atoms with Crippen LogP contribution < -0.4 is 5.73 Å². The monoisotopic (exact) mass is 687 g/mol. The zero-order chi connectivity index (χ0) is 35.8. The fraction of sp³-hybridized carbons (Fsp3) is 0.0714. The lowest BCUT2D eigenvalue weighted by molar-refractivity contribution is -0.143. The van der Waals surface area contributed by atoms with E-state index in [1.165, 1.54) is 0 Å². The average Bonchev–Trinajstić information content (AvgIpc) is 3.74. The van der Waals surface area contributed by atoms with Crippen molar-refractivity contribution in [2.75, 3.05) is 0 Å². The lowest BCUT2D eigenvalue weighted by Crippen LogP contribution is -2.18. The zero-order valence-electron chi connectivity index (χ0n) is 22.0. The minimum absolute atomic E-state index is 0.502. The molecule has 2 N–H and O–H groups in total. The number of allylic oxidation sites excluding steroid dienone is 5. The second-order valence-corrected chi connectivity index (χ2v) is 9.22. The molecule has 0 heterocycles. The van der Waals surface area contributed by atoms with E-state index in [2.05, 4.69) is 0 Å². The third kappa shape index (κ3) is 4.93. The van der Waals surface area contributed by atoms with Gasteiger partial charge in [0.05, 0.1) is 33.5 Å². The minimum atomic E-state index is -6.09. The molecular formula is C28H5F16N3. The van der Waals surface area contributed by atoms with E-state index in [0.29, 0.717) is 6.92 Å². The molecule has 3 aromatic carbocycles. The van der Waals surface area contributed by atoms with E-state index in [0.717, 1.165) is 12.1 Å². The van der Waals surface area contributed by atoms with Crippen LogP contribution in [0.15, 0.2) is 16.7 Å². The number of nitrogens with two attached hydrogens (primary N) is 1. The Bertz CT molecular complexity index is 1950. The van der Waals surface area contributed by atoms with Crippen molar-refractivity contribution in [3.63, 3.8) is 0 Å². The molecular weight excluding hydrogens is 682 g/mol. The van der Waals surface area contributed by atoms with Crippen LogP contribution in [0.3, 0.4) is 0 Å². The molecule has 1 saturated carbocycles. The van der Waals surface area contributed by atoms with Crippen LogP contribution in [-0.2, 0) is 6.18 Å². The second kappa shape index (κ2) is 11.4. The summed E-state index contributed by atoms with van der Waals surface area (Å²) in [6.07, 6.45) is -6.09. The largest absolute Gasteiger partial charge is 0.422 e. The first-order valence-electron chi connectivity index (χ1n) is 11.8. The van der Waals surface area contributed by atoms with Crippen LogP contribution in [-0.4, -0.2) is 0 Å². The normalized spacial score (nSPS) is 16.1. The Labute approximate surface area is 249 Å². The topological polar surface area (TPSA) is 73.6 Å². The maximum Gasteiger partial charge on any atom is 0.422 e. The predicted molar refractivity (Wildman–Crippen MR) is 125 cm³/mol. The van der Waals surface area contributed by atoms with E-state index in [1.807, 2.05) is 0 Å². The third-order valence-electron chi connectivity index (χ3n) is 6.69. The van der Waals surface area contributed by atoms with E-state index in [1.54, 1.807) is 0 Å². The molecule has 0 unspecified atom stereocenters. The van der Waals surface area contributed by atoms with Gasteiger partial charge in [-0.1, -0.05) is 0 Å². The number of hydrogen-bond acceptors (Lipinski definition) is 3. The molecule has 0 amide bonds. The Hall–Kier alpha value is -5.46. The van der Waals surface area contributed by atoms with Crippen LogP contribution in [0.25, 0.3) is 16.8 Å². The summed E-state index contributed by atoms with van der Waals surface area (Å²) in [5.74, 6) is -35.2. The molecule has 47 heavy (non-hydrogen) atoms. The Morgan fingerprint density at radius 3 is 1.09 bits per heavy atom. The van der Waals surface area contributed by atoms with Crippen LogP contribution in [0.4, 0.5) is 70.2 Å². The van der Waals surface area contributed by atoms with E-state index < -0.39 is 143 Å². The number of nitriles is 2. The highest BCUT2D eigenvalue weighted by Crippen LogP contribution is 2.56. The van der Waals surface area contributed by atoms with Gasteiger partial charge in [0, 0.05) is 22.3 Å². The highest BCUT2D eigenvalue weighted by molar-refractivity contribution is 6.10. The van der Waals surface area contributed by atoms with Gasteiger partial charge in [-0.15, -0.1) is 0 Å². The van der Waals surface area contributed by atoms with Gasteiger partial charge < -0.3 is 5.73 Å². The van der Waals surface area contributed by atoms with Crippen LogP contribution >= 0.6 is 0 Å². The molecule has 0 bridgehead atoms. The van der Waals surface area contributed by atoms with E-state index in [9.17, 15) is 80.8 Å². The number of alkyl halides is 3. The highest BCUT2D eigenvalue weighted by Gasteiger charge is 2.47. The van der Waals surface area contributed by atoms with Crippen LogP contribution in [0, 0.1) is 105 Å². The van der Waals surface area contributed by atoms with Crippen molar-refractivity contribution in [3.05, 3.63) is 120 Å². The fourth-order valence-corrected chi connectivity index (χ4v) is 4.46. The van der Waals surface area contributed by atoms with Gasteiger partial charge >= 0.3 is 6.18 Å². The molecule has 3 nitrogen and oxygen atoms in total. The molecule has 3 aromatic rings. The summed E-state index contributed by atoms with van der Waals surface area (Å²) >= 11 is 0. The molecule has 0 aliphatic heterocycles. The Morgan fingerprint density at radius 1 is 0.468 bits per heavy atom. The van der Waals surface area contributed by atoms with Gasteiger partial charge in [-0.25, -0.2) is 57.1 Å². The molecule has 1 aliphatic carbocycles. The molecule has 19 heteroatoms. The molecule has 0 spiro atoms. The van der Waals surface area contributed by atoms with E-state index >= 15 is 0 Å². The van der Waals surface area contributed by atoms with Crippen molar-refractivity contribution in [2.24, 2.45) is 5.73 Å². The number of rotatable bonds is 3. The summed E-state index contributed by atoms with van der Waals surface area (Å²) in [7, 11) is 0. The Kier molecular flexibility index (Phi) is 8.35. The standard InChI is InChI=1S/C28H5F16N3/c1-4-14(29)16(31)9(17(32)15(4)30)5(2-45)7-8(6(3-46)10-18(33)24(39)26(41)25(40)19(10)34)11(7)27(47)12-20(35)22(37)13(28(42,43)44)23(38)21(12)36/h47H2,1H3/b7-5+,8-6-,27-11?. The second-order valence-electron chi connectivity index (χ2n) is 9.22. The first-order chi connectivity index (χ1) is 21.7. The van der Waals surface area contributed by atoms with Crippen molar-refractivity contribution >= 4 is 16.8 Å². The SMILES string of the molecule is Cc1c(F)c(F)c(/C(C#N)=C2/C(=C(N)c3c(F)c(F)c(C(F)(F)F)c(F)c3F)/C2=C(/C#N)c2c(F)c(F)c(F)c(F)c2F)c(F)c1F. The molecule has 1 aliphatic rings. The van der Waals surface area contributed by atoms with Crippen molar-refractivity contribution in [1.82, 2.24) is 0 Å². The van der Waals surface area contributed by atoms with Crippen molar-refractivity contribution < 1.29 is 70.2 Å². The molecule has 0 aromatic heterocycles. The summed E-state index contributed by atoms with van der Waals surface area (Å²) in [5.41, 5.74) is -15.5. The van der Waals surface area contributed by atoms with Gasteiger partial charge in [0.1, 0.15) is 17.7 Å². The summed E-state index contributed by atoms with van der Waals surface area (Å²) < 4.78 is 227. The van der Waals surface area contributed by atoms with E-state index in [-0.39, 0.29) is 0 Å². The summed E-state index contributed by atoms with van der Waals surface area (Å²) in [6, 6.07) is 1.79. The third-order valence-corrected chi connectivity index (χ3v) is 6.69. The number of nitrogens with zero attached hydrogens (tertiary/aromatic N) is 2. The van der Waals surface area contributed by atoms with Gasteiger partial charge in [0.15, 0.2) is 69.8 Å². The molecule has 244 valence electrons. The summed E-state index contributed by atoms with van der Waals surface area (Å²) in [6.45, 7) is 0.502. The average molecular weight is 687 g/mol. The molecule has 0 atom stereocenters. The maximum atomic E-state index is 14.9. The van der Waals surface area contributed by atoms with Gasteiger partial charge in [0.2, 0.25) is 5.82 Å². The van der Waals surface area contributed by atoms with Gasteiger partial charge in [-0.05, 0) is 6.92 Å². The molecule has 1 fully saturated rings. The first kappa shape index (κ1) is 34.4. The lowest BCUT2D eigenvalue weighted by atomic mass is 9.99. The molecule has 0 radical (unpaired) electrons. The smallest absolute Gasteiger partial charge is 0.398 e. The van der Waals surface area contributed by atoms with Crippen molar-refractivity contribution in [1.29, 1.82) is 10.5 Å². The van der Waals surface area contributed by atoms with Gasteiger partial charge in [-0.2, -0.15) is 23.7 Å². The zero-order valence-corrected chi connectivity index (χ0v) is 22.0. The Morgan fingerprint density at radius 2 is 0.766 bits per heavy atom. The summed E-state index contributed by atoms with van der Waals surface area (Å²) in [4.78, 5) is 0. The molecule has 0 saturated heterocycles. The van der Waals surface area contributed by atoms with Crippen molar-refractivity contribution in [3.8, 4) is 12.1 Å². The van der Waals surface area contributed by atoms with Crippen molar-refractivity contribution in [2.45, 2.75) is 13.1 Å². The van der Waals surface area contributed by atoms with E-state index in [4.69, 9.17) is 5.73 Å². The quantitative estimate of drug-likeness (QED) is 0.130. The van der Waals surface area contributed by atoms with Gasteiger partial charge in [-0.3, -0.25) is 0 Å². The molecule has 4 rings (SSSR count). The predicted octanol–water partition coefficient (Wildman–Crippen LogP) is 8.46. The number of halogens is 16. The highest BCUT2D eigenvalue weighted by atomic mass is 19.4. The minimum Gasteiger partial charge on any atom is -0.398 e. The fourth-order valence-electron chi connectivity index (χ4n) is 4.46. The lowest BCUT2D eigenvalue weighted by Gasteiger charge is -2.14.